The SMILES string of the molecule is CC(C)C(C(C)C)C(C)C#N. The second-order valence-electron chi connectivity index (χ2n) is 3.98. The number of nitriles is 1. The van der Waals surface area contributed by atoms with Gasteiger partial charge < -0.3 is 0 Å². The normalized spacial score (nSPS) is 14.1. The standard InChI is InChI=1S/C10H19N/c1-7(2)10(8(3)4)9(5)6-11/h7-10H,1-5H3. The van der Waals surface area contributed by atoms with E-state index < -0.39 is 0 Å². The van der Waals surface area contributed by atoms with Crippen LogP contribution in [0.2, 0.25) is 0 Å². The van der Waals surface area contributed by atoms with Crippen molar-refractivity contribution >= 4 is 0 Å². The maximum absolute atomic E-state index is 8.75. The fourth-order valence-corrected chi connectivity index (χ4v) is 2.01. The minimum absolute atomic E-state index is 0.190. The van der Waals surface area contributed by atoms with E-state index in [1.54, 1.807) is 0 Å². The molecule has 0 aromatic carbocycles. The lowest BCUT2D eigenvalue weighted by Gasteiger charge is -2.26. The lowest BCUT2D eigenvalue weighted by molar-refractivity contribution is 0.235. The molecule has 0 saturated heterocycles. The van der Waals surface area contributed by atoms with E-state index in [1.807, 2.05) is 6.92 Å². The molecule has 0 heterocycles. The lowest BCUT2D eigenvalue weighted by atomic mass is 9.77. The van der Waals surface area contributed by atoms with Crippen LogP contribution in [0.4, 0.5) is 0 Å². The van der Waals surface area contributed by atoms with Gasteiger partial charge in [-0.2, -0.15) is 5.26 Å². The van der Waals surface area contributed by atoms with Crippen LogP contribution in [0.1, 0.15) is 34.6 Å². The van der Waals surface area contributed by atoms with Gasteiger partial charge in [0.15, 0.2) is 0 Å². The highest BCUT2D eigenvalue weighted by Crippen LogP contribution is 2.27. The van der Waals surface area contributed by atoms with Crippen molar-refractivity contribution in [3.05, 3.63) is 0 Å². The zero-order chi connectivity index (χ0) is 9.02. The van der Waals surface area contributed by atoms with E-state index in [-0.39, 0.29) is 5.92 Å². The van der Waals surface area contributed by atoms with Crippen molar-refractivity contribution in [1.29, 1.82) is 5.26 Å². The van der Waals surface area contributed by atoms with Gasteiger partial charge in [0.05, 0.1) is 6.07 Å². The first-order valence-corrected chi connectivity index (χ1v) is 4.40. The quantitative estimate of drug-likeness (QED) is 0.611. The fraction of sp³-hybridized carbons (Fsp3) is 0.900. The molecule has 0 saturated carbocycles. The van der Waals surface area contributed by atoms with E-state index in [4.69, 9.17) is 5.26 Å². The van der Waals surface area contributed by atoms with Crippen molar-refractivity contribution in [3.8, 4) is 6.07 Å². The summed E-state index contributed by atoms with van der Waals surface area (Å²) in [6, 6.07) is 2.33. The van der Waals surface area contributed by atoms with Gasteiger partial charge in [-0.3, -0.25) is 0 Å². The van der Waals surface area contributed by atoms with E-state index >= 15 is 0 Å². The summed E-state index contributed by atoms with van der Waals surface area (Å²) in [5, 5.41) is 8.75. The molecule has 1 unspecified atom stereocenters. The lowest BCUT2D eigenvalue weighted by Crippen LogP contribution is -2.22. The van der Waals surface area contributed by atoms with Crippen LogP contribution in [0.25, 0.3) is 0 Å². The topological polar surface area (TPSA) is 23.8 Å². The smallest absolute Gasteiger partial charge is 0.0655 e. The van der Waals surface area contributed by atoms with Crippen LogP contribution in [0.5, 0.6) is 0 Å². The first-order chi connectivity index (χ1) is 5.00. The van der Waals surface area contributed by atoms with Crippen LogP contribution in [-0.4, -0.2) is 0 Å². The average molecular weight is 153 g/mol. The van der Waals surface area contributed by atoms with Crippen LogP contribution < -0.4 is 0 Å². The van der Waals surface area contributed by atoms with Crippen LogP contribution in [0.15, 0.2) is 0 Å². The maximum Gasteiger partial charge on any atom is 0.0655 e. The zero-order valence-corrected chi connectivity index (χ0v) is 8.26. The Morgan fingerprint density at radius 3 is 1.36 bits per heavy atom. The molecule has 0 amide bonds. The first kappa shape index (κ1) is 10.5. The molecule has 1 heteroatoms. The van der Waals surface area contributed by atoms with E-state index in [0.29, 0.717) is 17.8 Å². The van der Waals surface area contributed by atoms with Gasteiger partial charge in [0.1, 0.15) is 0 Å². The van der Waals surface area contributed by atoms with Crippen molar-refractivity contribution in [3.63, 3.8) is 0 Å². The molecular formula is C10H19N. The third-order valence-corrected chi connectivity index (χ3v) is 2.32. The summed E-state index contributed by atoms with van der Waals surface area (Å²) >= 11 is 0. The third kappa shape index (κ3) is 2.93. The number of hydrogen-bond donors (Lipinski definition) is 0. The van der Waals surface area contributed by atoms with Gasteiger partial charge in [0, 0.05) is 5.92 Å². The van der Waals surface area contributed by atoms with Gasteiger partial charge in [0.25, 0.3) is 0 Å². The van der Waals surface area contributed by atoms with E-state index in [9.17, 15) is 0 Å². The Hall–Kier alpha value is -0.510. The van der Waals surface area contributed by atoms with Crippen LogP contribution in [-0.2, 0) is 0 Å². The first-order valence-electron chi connectivity index (χ1n) is 4.40. The zero-order valence-electron chi connectivity index (χ0n) is 8.26. The van der Waals surface area contributed by atoms with E-state index in [1.165, 1.54) is 0 Å². The Kier molecular flexibility index (Phi) is 4.18. The van der Waals surface area contributed by atoms with Gasteiger partial charge >= 0.3 is 0 Å². The summed E-state index contributed by atoms with van der Waals surface area (Å²) in [4.78, 5) is 0. The Morgan fingerprint density at radius 2 is 1.27 bits per heavy atom. The maximum atomic E-state index is 8.75. The van der Waals surface area contributed by atoms with Gasteiger partial charge in [-0.25, -0.2) is 0 Å². The fourth-order valence-electron chi connectivity index (χ4n) is 2.01. The monoisotopic (exact) mass is 153 g/mol. The number of nitrogens with zero attached hydrogens (tertiary/aromatic N) is 1. The van der Waals surface area contributed by atoms with Gasteiger partial charge in [0.2, 0.25) is 0 Å². The van der Waals surface area contributed by atoms with E-state index in [0.717, 1.165) is 0 Å². The number of rotatable bonds is 3. The van der Waals surface area contributed by atoms with Crippen molar-refractivity contribution in [1.82, 2.24) is 0 Å². The molecule has 0 fully saturated rings. The molecule has 0 aliphatic carbocycles. The largest absolute Gasteiger partial charge is 0.198 e. The summed E-state index contributed by atoms with van der Waals surface area (Å²) in [6.45, 7) is 10.8. The molecule has 1 atom stereocenters. The summed E-state index contributed by atoms with van der Waals surface area (Å²) < 4.78 is 0. The van der Waals surface area contributed by atoms with Crippen molar-refractivity contribution in [2.45, 2.75) is 34.6 Å². The van der Waals surface area contributed by atoms with E-state index in [2.05, 4.69) is 33.8 Å². The molecule has 0 rings (SSSR count). The average Bonchev–Trinajstić information content (AvgIpc) is 1.85. The Labute approximate surface area is 70.4 Å². The van der Waals surface area contributed by atoms with Crippen molar-refractivity contribution in [2.75, 3.05) is 0 Å². The molecule has 0 bridgehead atoms. The molecule has 1 nitrogen and oxygen atoms in total. The van der Waals surface area contributed by atoms with Gasteiger partial charge in [-0.1, -0.05) is 27.7 Å². The molecule has 0 aliphatic heterocycles. The predicted octanol–water partition coefficient (Wildman–Crippen LogP) is 3.07. The van der Waals surface area contributed by atoms with Crippen LogP contribution >= 0.6 is 0 Å². The molecule has 0 aromatic heterocycles. The highest BCUT2D eigenvalue weighted by Gasteiger charge is 2.23. The van der Waals surface area contributed by atoms with Gasteiger partial charge in [-0.15, -0.1) is 0 Å². The molecule has 0 N–H and O–H groups in total. The van der Waals surface area contributed by atoms with Gasteiger partial charge in [-0.05, 0) is 24.7 Å². The second kappa shape index (κ2) is 4.38. The summed E-state index contributed by atoms with van der Waals surface area (Å²) in [5.74, 6) is 1.96. The molecule has 0 radical (unpaired) electrons. The molecule has 11 heavy (non-hydrogen) atoms. The molecule has 0 aliphatic rings. The minimum atomic E-state index is 0.190. The molecule has 64 valence electrons. The number of hydrogen-bond acceptors (Lipinski definition) is 1. The molecule has 0 spiro atoms. The highest BCUT2D eigenvalue weighted by atomic mass is 14.3. The van der Waals surface area contributed by atoms with Crippen LogP contribution in [0.3, 0.4) is 0 Å². The Morgan fingerprint density at radius 1 is 0.909 bits per heavy atom. The van der Waals surface area contributed by atoms with Crippen molar-refractivity contribution in [2.24, 2.45) is 23.7 Å². The predicted molar refractivity (Wildman–Crippen MR) is 47.9 cm³/mol. The van der Waals surface area contributed by atoms with Crippen LogP contribution in [0, 0.1) is 35.0 Å². The van der Waals surface area contributed by atoms with Crippen molar-refractivity contribution < 1.29 is 0 Å². The Balaban J connectivity index is 4.24. The third-order valence-electron chi connectivity index (χ3n) is 2.32. The highest BCUT2D eigenvalue weighted by molar-refractivity contribution is 4.87. The second-order valence-corrected chi connectivity index (χ2v) is 3.98. The minimum Gasteiger partial charge on any atom is -0.198 e. The molecular weight excluding hydrogens is 134 g/mol. The summed E-state index contributed by atoms with van der Waals surface area (Å²) in [5.41, 5.74) is 0. The summed E-state index contributed by atoms with van der Waals surface area (Å²) in [7, 11) is 0. The summed E-state index contributed by atoms with van der Waals surface area (Å²) in [6.07, 6.45) is 0. The molecule has 0 aromatic rings. The Bertz CT molecular complexity index is 133.